The maximum atomic E-state index is 12.4. The summed E-state index contributed by atoms with van der Waals surface area (Å²) >= 11 is 0. The van der Waals surface area contributed by atoms with Crippen molar-refractivity contribution in [3.05, 3.63) is 18.1 Å². The van der Waals surface area contributed by atoms with Gasteiger partial charge in [0.25, 0.3) is 0 Å². The summed E-state index contributed by atoms with van der Waals surface area (Å²) in [5.74, 6) is 0.478. The third kappa shape index (κ3) is 2.33. The Balaban J connectivity index is 1.93. The number of anilines is 1. The fraction of sp³-hybridized carbons (Fsp3) is 0.600. The van der Waals surface area contributed by atoms with Crippen LogP contribution in [0.3, 0.4) is 0 Å². The Morgan fingerprint density at radius 3 is 2.59 bits per heavy atom. The van der Waals surface area contributed by atoms with Gasteiger partial charge in [-0.25, -0.2) is 9.97 Å². The first-order valence-corrected chi connectivity index (χ1v) is 5.14. The third-order valence-electron chi connectivity index (χ3n) is 2.85. The topological polar surface area (TPSA) is 58.0 Å². The van der Waals surface area contributed by atoms with E-state index < -0.39 is 17.8 Å². The second-order valence-electron chi connectivity index (χ2n) is 4.32. The lowest BCUT2D eigenvalue weighted by Gasteiger charge is -2.44. The Morgan fingerprint density at radius 1 is 1.41 bits per heavy atom. The minimum atomic E-state index is -4.56. The van der Waals surface area contributed by atoms with Gasteiger partial charge in [-0.1, -0.05) is 0 Å². The van der Waals surface area contributed by atoms with E-state index in [0.29, 0.717) is 5.82 Å². The van der Waals surface area contributed by atoms with E-state index >= 15 is 0 Å². The van der Waals surface area contributed by atoms with Gasteiger partial charge in [-0.15, -0.1) is 0 Å². The summed E-state index contributed by atoms with van der Waals surface area (Å²) in [6, 6.07) is 1.24. The van der Waals surface area contributed by atoms with Gasteiger partial charge in [0.1, 0.15) is 12.1 Å². The molecule has 2 N–H and O–H groups in total. The van der Waals surface area contributed by atoms with Crippen LogP contribution in [0, 0.1) is 6.92 Å². The average molecular weight is 247 g/mol. The highest BCUT2D eigenvalue weighted by Crippen LogP contribution is 2.45. The Kier molecular flexibility index (Phi) is 2.73. The summed E-state index contributed by atoms with van der Waals surface area (Å²) in [6.07, 6.45) is -3.92. The van der Waals surface area contributed by atoms with Crippen LogP contribution in [0.5, 0.6) is 0 Å². The molecule has 4 nitrogen and oxygen atoms in total. The predicted molar refractivity (Wildman–Crippen MR) is 54.4 cm³/mol. The molecule has 1 aliphatic carbocycles. The first kappa shape index (κ1) is 12.1. The van der Waals surface area contributed by atoms with E-state index in [1.54, 1.807) is 13.0 Å². The van der Waals surface area contributed by atoms with Crippen LogP contribution in [-0.2, 0) is 0 Å². The SMILES string of the molecule is Cc1cc(NC2CC(O)(C(F)(F)F)C2)ncn1. The van der Waals surface area contributed by atoms with E-state index in [2.05, 4.69) is 15.3 Å². The van der Waals surface area contributed by atoms with Crippen molar-refractivity contribution in [2.24, 2.45) is 0 Å². The molecule has 2 rings (SSSR count). The number of aliphatic hydroxyl groups is 1. The summed E-state index contributed by atoms with van der Waals surface area (Å²) in [4.78, 5) is 7.76. The van der Waals surface area contributed by atoms with Crippen molar-refractivity contribution in [3.8, 4) is 0 Å². The van der Waals surface area contributed by atoms with Crippen LogP contribution < -0.4 is 5.32 Å². The molecular weight excluding hydrogens is 235 g/mol. The van der Waals surface area contributed by atoms with Gasteiger partial charge in [-0.05, 0) is 6.92 Å². The van der Waals surface area contributed by atoms with Crippen LogP contribution in [0.25, 0.3) is 0 Å². The van der Waals surface area contributed by atoms with Crippen molar-refractivity contribution in [2.75, 3.05) is 5.32 Å². The molecule has 1 aromatic heterocycles. The molecule has 1 heterocycles. The molecule has 0 atom stereocenters. The zero-order valence-corrected chi connectivity index (χ0v) is 9.12. The Morgan fingerprint density at radius 2 is 2.06 bits per heavy atom. The van der Waals surface area contributed by atoms with Crippen molar-refractivity contribution in [1.29, 1.82) is 0 Å². The summed E-state index contributed by atoms with van der Waals surface area (Å²) in [6.45, 7) is 1.76. The molecule has 17 heavy (non-hydrogen) atoms. The molecule has 0 aromatic carbocycles. The molecule has 1 aliphatic rings. The number of rotatable bonds is 2. The molecule has 0 spiro atoms. The van der Waals surface area contributed by atoms with Gasteiger partial charge in [-0.3, -0.25) is 0 Å². The van der Waals surface area contributed by atoms with Crippen LogP contribution in [0.2, 0.25) is 0 Å². The van der Waals surface area contributed by atoms with Crippen LogP contribution in [-0.4, -0.2) is 32.9 Å². The first-order chi connectivity index (χ1) is 7.80. The molecule has 0 radical (unpaired) electrons. The highest BCUT2D eigenvalue weighted by Gasteiger charge is 2.61. The lowest BCUT2D eigenvalue weighted by Crippen LogP contribution is -2.59. The quantitative estimate of drug-likeness (QED) is 0.834. The van der Waals surface area contributed by atoms with E-state index in [1.165, 1.54) is 6.33 Å². The highest BCUT2D eigenvalue weighted by molar-refractivity contribution is 5.37. The molecule has 1 saturated carbocycles. The number of aryl methyl sites for hydroxylation is 1. The largest absolute Gasteiger partial charge is 0.417 e. The van der Waals surface area contributed by atoms with E-state index in [-0.39, 0.29) is 12.8 Å². The number of alkyl halides is 3. The summed E-state index contributed by atoms with van der Waals surface area (Å²) in [5.41, 5.74) is -1.82. The maximum Gasteiger partial charge on any atom is 0.417 e. The second-order valence-corrected chi connectivity index (χ2v) is 4.32. The van der Waals surface area contributed by atoms with Gasteiger partial charge in [0, 0.05) is 30.6 Å². The van der Waals surface area contributed by atoms with Crippen molar-refractivity contribution >= 4 is 5.82 Å². The molecule has 0 amide bonds. The van der Waals surface area contributed by atoms with Crippen molar-refractivity contribution < 1.29 is 18.3 Å². The van der Waals surface area contributed by atoms with Gasteiger partial charge in [0.05, 0.1) is 0 Å². The van der Waals surface area contributed by atoms with Gasteiger partial charge in [0.2, 0.25) is 0 Å². The second kappa shape index (κ2) is 3.83. The Labute approximate surface area is 95.9 Å². The molecule has 0 unspecified atom stereocenters. The molecule has 0 saturated heterocycles. The molecule has 0 aliphatic heterocycles. The fourth-order valence-electron chi connectivity index (χ4n) is 1.83. The van der Waals surface area contributed by atoms with Gasteiger partial charge >= 0.3 is 6.18 Å². The maximum absolute atomic E-state index is 12.4. The normalized spacial score (nSPS) is 28.6. The molecular formula is C10H12F3N3O. The number of hydrogen-bond acceptors (Lipinski definition) is 4. The lowest BCUT2D eigenvalue weighted by atomic mass is 9.75. The number of nitrogens with one attached hydrogen (secondary N) is 1. The summed E-state index contributed by atoms with van der Waals surface area (Å²) in [7, 11) is 0. The van der Waals surface area contributed by atoms with Crippen LogP contribution in [0.4, 0.5) is 19.0 Å². The zero-order chi connectivity index (χ0) is 12.7. The van der Waals surface area contributed by atoms with Crippen molar-refractivity contribution in [1.82, 2.24) is 9.97 Å². The van der Waals surface area contributed by atoms with E-state index in [9.17, 15) is 18.3 Å². The van der Waals surface area contributed by atoms with Crippen LogP contribution in [0.15, 0.2) is 12.4 Å². The minimum absolute atomic E-state index is 0.348. The summed E-state index contributed by atoms with van der Waals surface area (Å²) in [5, 5.41) is 12.1. The minimum Gasteiger partial charge on any atom is -0.380 e. The Hall–Kier alpha value is -1.37. The van der Waals surface area contributed by atoms with Gasteiger partial charge in [-0.2, -0.15) is 13.2 Å². The number of hydrogen-bond donors (Lipinski definition) is 2. The fourth-order valence-corrected chi connectivity index (χ4v) is 1.83. The molecule has 0 bridgehead atoms. The van der Waals surface area contributed by atoms with Crippen molar-refractivity contribution in [3.63, 3.8) is 0 Å². The van der Waals surface area contributed by atoms with E-state index in [0.717, 1.165) is 5.69 Å². The smallest absolute Gasteiger partial charge is 0.380 e. The summed E-state index contributed by atoms with van der Waals surface area (Å²) < 4.78 is 37.1. The van der Waals surface area contributed by atoms with Crippen LogP contribution >= 0.6 is 0 Å². The Bertz CT molecular complexity index is 416. The first-order valence-electron chi connectivity index (χ1n) is 5.14. The third-order valence-corrected chi connectivity index (χ3v) is 2.85. The molecule has 1 aromatic rings. The zero-order valence-electron chi connectivity index (χ0n) is 9.12. The number of halogens is 3. The molecule has 1 fully saturated rings. The number of nitrogens with zero attached hydrogens (tertiary/aromatic N) is 2. The van der Waals surface area contributed by atoms with Gasteiger partial charge < -0.3 is 10.4 Å². The van der Waals surface area contributed by atoms with Crippen LogP contribution in [0.1, 0.15) is 18.5 Å². The predicted octanol–water partition coefficient (Wildman–Crippen LogP) is 1.65. The monoisotopic (exact) mass is 247 g/mol. The van der Waals surface area contributed by atoms with Gasteiger partial charge in [0.15, 0.2) is 5.60 Å². The highest BCUT2D eigenvalue weighted by atomic mass is 19.4. The van der Waals surface area contributed by atoms with E-state index in [1.807, 2.05) is 0 Å². The standard InChI is InChI=1S/C10H12F3N3O/c1-6-2-8(15-5-14-6)16-7-3-9(17,4-7)10(11,12)13/h2,5,7,17H,3-4H2,1H3,(H,14,15,16). The molecule has 7 heteroatoms. The average Bonchev–Trinajstić information content (AvgIpc) is 2.13. The number of aromatic nitrogens is 2. The van der Waals surface area contributed by atoms with Crippen molar-refractivity contribution in [2.45, 2.75) is 37.6 Å². The lowest BCUT2D eigenvalue weighted by molar-refractivity contribution is -0.288. The van der Waals surface area contributed by atoms with E-state index in [4.69, 9.17) is 0 Å². The molecule has 94 valence electrons.